The summed E-state index contributed by atoms with van der Waals surface area (Å²) < 4.78 is 11.8. The van der Waals surface area contributed by atoms with Crippen molar-refractivity contribution in [1.29, 1.82) is 5.39 Å². The van der Waals surface area contributed by atoms with Crippen LogP contribution in [-0.2, 0) is 16.1 Å². The molecule has 0 fully saturated rings. The number of carbonyl (C=O) groups excluding carboxylic acids is 1. The van der Waals surface area contributed by atoms with Gasteiger partial charge in [0.15, 0.2) is 4.98 Å². The Bertz CT molecular complexity index is 884. The van der Waals surface area contributed by atoms with Gasteiger partial charge in [-0.05, 0) is 44.5 Å². The van der Waals surface area contributed by atoms with Crippen LogP contribution in [0.3, 0.4) is 0 Å². The van der Waals surface area contributed by atoms with E-state index in [1.165, 1.54) is 10.6 Å². The zero-order chi connectivity index (χ0) is 19.9. The van der Waals surface area contributed by atoms with Gasteiger partial charge >= 0.3 is 17.7 Å². The highest BCUT2D eigenvalue weighted by molar-refractivity contribution is 5.72. The molecule has 1 aromatic carbocycles. The van der Waals surface area contributed by atoms with Crippen molar-refractivity contribution in [2.24, 2.45) is 0 Å². The number of ether oxygens (including phenoxy) is 2. The highest BCUT2D eigenvalue weighted by atomic mass is 16.6. The quantitative estimate of drug-likeness (QED) is 0.451. The largest absolute Gasteiger partial charge is 0.475 e. The number of allylic oxidation sites excluding steroid dienone is 1. The Morgan fingerprint density at radius 2 is 1.93 bits per heavy atom. The van der Waals surface area contributed by atoms with Crippen molar-refractivity contribution in [2.45, 2.75) is 33.0 Å². The molecule has 0 aliphatic carbocycles. The summed E-state index contributed by atoms with van der Waals surface area (Å²) in [7, 11) is 0. The van der Waals surface area contributed by atoms with Crippen molar-refractivity contribution in [1.82, 2.24) is 4.57 Å². The number of aliphatic hydroxyl groups is 1. The van der Waals surface area contributed by atoms with E-state index in [4.69, 9.17) is 14.9 Å². The molecule has 0 unspecified atom stereocenters. The van der Waals surface area contributed by atoms with Gasteiger partial charge < -0.3 is 14.6 Å². The maximum Gasteiger partial charge on any atom is 0.464 e. The molecule has 140 valence electrons. The first-order valence-corrected chi connectivity index (χ1v) is 8.34. The zero-order valence-corrected chi connectivity index (χ0v) is 15.5. The molecule has 0 aliphatic rings. The van der Waals surface area contributed by atoms with Crippen molar-refractivity contribution in [2.75, 3.05) is 0 Å². The number of diazo groups is 1. The van der Waals surface area contributed by atoms with E-state index >= 15 is 0 Å². The summed E-state index contributed by atoms with van der Waals surface area (Å²) in [5.74, 6) is -0.568. The molecule has 27 heavy (non-hydrogen) atoms. The smallest absolute Gasteiger partial charge is 0.464 e. The zero-order valence-electron chi connectivity index (χ0n) is 15.5. The minimum absolute atomic E-state index is 0.115. The first-order valence-electron chi connectivity index (χ1n) is 8.34. The van der Waals surface area contributed by atoms with E-state index in [0.29, 0.717) is 5.69 Å². The number of nitrogens with zero attached hydrogens (tertiary/aromatic N) is 3. The summed E-state index contributed by atoms with van der Waals surface area (Å²) in [5.41, 5.74) is 0.562. The van der Waals surface area contributed by atoms with Crippen molar-refractivity contribution in [3.63, 3.8) is 0 Å². The third-order valence-corrected chi connectivity index (χ3v) is 3.34. The van der Waals surface area contributed by atoms with Crippen LogP contribution in [0.5, 0.6) is 0 Å². The molecule has 0 atom stereocenters. The second-order valence-electron chi connectivity index (χ2n) is 6.67. The highest BCUT2D eigenvalue weighted by Crippen LogP contribution is 2.15. The van der Waals surface area contributed by atoms with Crippen molar-refractivity contribution in [3.05, 3.63) is 82.6 Å². The van der Waals surface area contributed by atoms with Crippen LogP contribution in [-0.4, -0.2) is 21.4 Å². The van der Waals surface area contributed by atoms with Crippen LogP contribution in [0, 0.1) is 5.39 Å². The van der Waals surface area contributed by atoms with Crippen LogP contribution in [0.25, 0.3) is 11.1 Å². The van der Waals surface area contributed by atoms with Crippen LogP contribution in [0.1, 0.15) is 32.0 Å². The molecule has 0 bridgehead atoms. The van der Waals surface area contributed by atoms with Gasteiger partial charge in [-0.3, -0.25) is 4.57 Å². The number of rotatable bonds is 5. The predicted molar refractivity (Wildman–Crippen MR) is 101 cm³/mol. The van der Waals surface area contributed by atoms with Gasteiger partial charge in [0.2, 0.25) is 5.39 Å². The molecule has 7 heteroatoms. The first-order chi connectivity index (χ1) is 12.8. The van der Waals surface area contributed by atoms with E-state index in [9.17, 15) is 9.90 Å². The lowest BCUT2D eigenvalue weighted by molar-refractivity contribution is 0.0491. The molecule has 0 saturated heterocycles. The van der Waals surface area contributed by atoms with Crippen molar-refractivity contribution < 1.29 is 19.4 Å². The predicted octanol–water partition coefficient (Wildman–Crippen LogP) is 5.08. The number of aliphatic hydroxyl groups excluding tert-OH is 1. The topological polar surface area (TPSA) is 88.8 Å². The Morgan fingerprint density at radius 1 is 1.22 bits per heavy atom. The van der Waals surface area contributed by atoms with Gasteiger partial charge in [0.05, 0.1) is 5.69 Å². The number of benzene rings is 1. The Morgan fingerprint density at radius 3 is 2.56 bits per heavy atom. The van der Waals surface area contributed by atoms with E-state index in [1.807, 2.05) is 30.3 Å². The van der Waals surface area contributed by atoms with Crippen molar-refractivity contribution >= 4 is 12.2 Å². The lowest BCUT2D eigenvalue weighted by Gasteiger charge is -2.20. The second-order valence-corrected chi connectivity index (χ2v) is 6.67. The van der Waals surface area contributed by atoms with Crippen LogP contribution >= 0.6 is 0 Å². The van der Waals surface area contributed by atoms with Gasteiger partial charge in [-0.2, -0.15) is 0 Å². The minimum Gasteiger partial charge on any atom is -0.475 e. The Labute approximate surface area is 157 Å². The molecule has 2 rings (SSSR count). The van der Waals surface area contributed by atoms with Gasteiger partial charge in [0.1, 0.15) is 12.2 Å². The van der Waals surface area contributed by atoms with Crippen molar-refractivity contribution in [3.8, 4) is 0 Å². The molecular formula is C20H22N3O4+. The molecule has 0 amide bonds. The first kappa shape index (κ1) is 19.8. The van der Waals surface area contributed by atoms with Gasteiger partial charge in [0, 0.05) is 12.3 Å². The average Bonchev–Trinajstić information content (AvgIpc) is 3.08. The normalized spacial score (nSPS) is 12.4. The molecule has 1 aromatic heterocycles. The fraction of sp³-hybridized carbons (Fsp3) is 0.250. The Kier molecular flexibility index (Phi) is 6.39. The van der Waals surface area contributed by atoms with Crippen LogP contribution in [0.2, 0.25) is 0 Å². The number of carbonyl (C=O) groups is 1. The van der Waals surface area contributed by atoms with Gasteiger partial charge in [-0.1, -0.05) is 30.3 Å². The maximum atomic E-state index is 12.2. The third-order valence-electron chi connectivity index (χ3n) is 3.34. The summed E-state index contributed by atoms with van der Waals surface area (Å²) in [4.78, 5) is 15.2. The molecule has 0 saturated carbocycles. The summed E-state index contributed by atoms with van der Waals surface area (Å²) in [6, 6.07) is 12.6. The highest BCUT2D eigenvalue weighted by Gasteiger charge is 2.21. The second kappa shape index (κ2) is 8.72. The molecule has 0 spiro atoms. The molecular weight excluding hydrogens is 346 g/mol. The van der Waals surface area contributed by atoms with Crippen LogP contribution in [0.4, 0.5) is 4.79 Å². The van der Waals surface area contributed by atoms with E-state index < -0.39 is 17.6 Å². The lowest BCUT2D eigenvalue weighted by atomic mass is 10.2. The molecule has 7 nitrogen and oxygen atoms in total. The van der Waals surface area contributed by atoms with E-state index in [-0.39, 0.29) is 12.3 Å². The summed E-state index contributed by atoms with van der Waals surface area (Å²) >= 11 is 0. The molecule has 1 heterocycles. The minimum atomic E-state index is -0.632. The van der Waals surface area contributed by atoms with Gasteiger partial charge in [-0.15, -0.1) is 0 Å². The number of aromatic nitrogens is 1. The van der Waals surface area contributed by atoms with E-state index in [1.54, 1.807) is 45.2 Å². The third kappa shape index (κ3) is 6.04. The molecule has 0 radical (unpaired) electrons. The standard InChI is InChI=1S/C20H21N3O4/c1-20(2,3)27-19(25)23-13-7-10-16(23)14-26-18(24)17(22-21)12-11-15-8-5-4-6-9-15/h4-13H,14H2,1-3H3/p+1/b12-11+,18-17-. The SMILES string of the molecule is CC(C)(C)OC(=O)n1cccc1CO/C(O)=C(/C=C/c1ccccc1)[N+]#N. The number of hydrogen-bond donors (Lipinski definition) is 1. The number of hydrogen-bond acceptors (Lipinski definition) is 5. The molecule has 2 aromatic rings. The van der Waals surface area contributed by atoms with Gasteiger partial charge in [-0.25, -0.2) is 4.79 Å². The summed E-state index contributed by atoms with van der Waals surface area (Å²) in [6.45, 7) is 5.20. The molecule has 1 N–H and O–H groups in total. The fourth-order valence-electron chi connectivity index (χ4n) is 2.13. The van der Waals surface area contributed by atoms with Crippen LogP contribution in [0.15, 0.2) is 66.4 Å². The Hall–Kier alpha value is -3.53. The summed E-state index contributed by atoms with van der Waals surface area (Å²) in [5, 5.41) is 19.1. The maximum absolute atomic E-state index is 12.2. The van der Waals surface area contributed by atoms with Crippen LogP contribution < -0.4 is 0 Å². The Balaban J connectivity index is 2.08. The molecule has 0 aliphatic heterocycles. The lowest BCUT2D eigenvalue weighted by Crippen LogP contribution is -2.27. The fourth-order valence-corrected chi connectivity index (χ4v) is 2.13. The summed E-state index contributed by atoms with van der Waals surface area (Å²) in [6.07, 6.45) is 4.07. The monoisotopic (exact) mass is 368 g/mol. The van der Waals surface area contributed by atoms with Gasteiger partial charge in [0.25, 0.3) is 0 Å². The van der Waals surface area contributed by atoms with E-state index in [0.717, 1.165) is 5.56 Å². The average molecular weight is 368 g/mol. The van der Waals surface area contributed by atoms with E-state index in [2.05, 4.69) is 4.98 Å².